The van der Waals surface area contributed by atoms with E-state index in [-0.39, 0.29) is 11.7 Å². The molecule has 3 rings (SSSR count). The zero-order chi connectivity index (χ0) is 15.4. The van der Waals surface area contributed by atoms with Crippen LogP contribution in [0.2, 0.25) is 0 Å². The number of hydrazone groups is 1. The summed E-state index contributed by atoms with van der Waals surface area (Å²) in [5, 5.41) is 4.68. The zero-order valence-corrected chi connectivity index (χ0v) is 13.5. The van der Waals surface area contributed by atoms with E-state index in [1.165, 1.54) is 16.6 Å². The molecule has 2 N–H and O–H groups in total. The third-order valence-electron chi connectivity index (χ3n) is 2.85. The third kappa shape index (κ3) is 3.75. The van der Waals surface area contributed by atoms with Crippen LogP contribution in [0.1, 0.15) is 9.75 Å². The zero-order valence-electron chi connectivity index (χ0n) is 11.9. The first kappa shape index (κ1) is 14.8. The lowest BCUT2D eigenvalue weighted by molar-refractivity contribution is -0.118. The smallest absolute Gasteiger partial charge is 0.250 e. The van der Waals surface area contributed by atoms with Crippen LogP contribution < -0.4 is 5.43 Å². The van der Waals surface area contributed by atoms with E-state index in [9.17, 15) is 4.79 Å². The topological polar surface area (TPSA) is 70.1 Å². The van der Waals surface area contributed by atoms with E-state index in [0.29, 0.717) is 0 Å². The summed E-state index contributed by atoms with van der Waals surface area (Å²) in [6, 6.07) is 11.8. The molecule has 0 unspecified atom stereocenters. The molecule has 2 aromatic heterocycles. The van der Waals surface area contributed by atoms with Crippen LogP contribution in [0.15, 0.2) is 46.7 Å². The molecule has 0 aliphatic rings. The van der Waals surface area contributed by atoms with Gasteiger partial charge in [-0.25, -0.2) is 10.4 Å². The van der Waals surface area contributed by atoms with Gasteiger partial charge in [-0.05, 0) is 31.2 Å². The highest BCUT2D eigenvalue weighted by atomic mass is 32.2. The van der Waals surface area contributed by atoms with Crippen molar-refractivity contribution in [1.29, 1.82) is 0 Å². The SMILES string of the molecule is Cc1ccc(/C=N\NC(=O)CSc2nc3ccccc3[nH]2)s1. The molecule has 3 aromatic rings. The van der Waals surface area contributed by atoms with Crippen molar-refractivity contribution < 1.29 is 4.79 Å². The molecule has 0 aliphatic carbocycles. The molecule has 0 fully saturated rings. The maximum atomic E-state index is 11.7. The van der Waals surface area contributed by atoms with Crippen molar-refractivity contribution >= 4 is 46.3 Å². The minimum Gasteiger partial charge on any atom is -0.333 e. The number of amides is 1. The Hall–Kier alpha value is -2.12. The number of carbonyl (C=O) groups excluding carboxylic acids is 1. The summed E-state index contributed by atoms with van der Waals surface area (Å²) >= 11 is 2.99. The summed E-state index contributed by atoms with van der Waals surface area (Å²) in [5.74, 6) is 0.107. The number of hydrogen-bond acceptors (Lipinski definition) is 5. The van der Waals surface area contributed by atoms with Gasteiger partial charge < -0.3 is 4.98 Å². The number of para-hydroxylation sites is 2. The molecular weight excluding hydrogens is 316 g/mol. The Bertz CT molecular complexity index is 789. The molecular formula is C15H14N4OS2. The predicted octanol–water partition coefficient (Wildman–Crippen LogP) is 3.18. The van der Waals surface area contributed by atoms with Crippen LogP contribution in [-0.4, -0.2) is 27.8 Å². The van der Waals surface area contributed by atoms with Gasteiger partial charge in [0.15, 0.2) is 5.16 Å². The molecule has 0 saturated heterocycles. The van der Waals surface area contributed by atoms with E-state index >= 15 is 0 Å². The number of fused-ring (bicyclic) bond motifs is 1. The maximum Gasteiger partial charge on any atom is 0.250 e. The molecule has 7 heteroatoms. The number of thiophene rings is 1. The molecule has 0 saturated carbocycles. The summed E-state index contributed by atoms with van der Waals surface area (Å²) in [6.45, 7) is 2.03. The Morgan fingerprint density at radius 3 is 3.05 bits per heavy atom. The number of nitrogens with zero attached hydrogens (tertiary/aromatic N) is 2. The summed E-state index contributed by atoms with van der Waals surface area (Å²) < 4.78 is 0. The Kier molecular flexibility index (Phi) is 4.55. The van der Waals surface area contributed by atoms with Gasteiger partial charge >= 0.3 is 0 Å². The Labute approximate surface area is 135 Å². The van der Waals surface area contributed by atoms with Crippen molar-refractivity contribution in [2.75, 3.05) is 5.75 Å². The summed E-state index contributed by atoms with van der Waals surface area (Å²) in [6.07, 6.45) is 1.65. The number of carbonyl (C=O) groups is 1. The molecule has 5 nitrogen and oxygen atoms in total. The lowest BCUT2D eigenvalue weighted by Crippen LogP contribution is -2.19. The largest absolute Gasteiger partial charge is 0.333 e. The fourth-order valence-corrected chi connectivity index (χ4v) is 3.28. The van der Waals surface area contributed by atoms with Crippen molar-refractivity contribution in [2.45, 2.75) is 12.1 Å². The highest BCUT2D eigenvalue weighted by molar-refractivity contribution is 7.99. The highest BCUT2D eigenvalue weighted by Gasteiger charge is 2.06. The first-order valence-electron chi connectivity index (χ1n) is 6.66. The number of imidazole rings is 1. The number of aromatic nitrogens is 2. The van der Waals surface area contributed by atoms with Crippen molar-refractivity contribution in [2.24, 2.45) is 5.10 Å². The van der Waals surface area contributed by atoms with Gasteiger partial charge in [0.25, 0.3) is 5.91 Å². The van der Waals surface area contributed by atoms with Crippen LogP contribution in [0, 0.1) is 6.92 Å². The maximum absolute atomic E-state index is 11.7. The van der Waals surface area contributed by atoms with Gasteiger partial charge in [-0.3, -0.25) is 4.79 Å². The minimum absolute atomic E-state index is 0.157. The van der Waals surface area contributed by atoms with Gasteiger partial charge in [0, 0.05) is 9.75 Å². The molecule has 0 aliphatic heterocycles. The van der Waals surface area contributed by atoms with Crippen LogP contribution in [0.3, 0.4) is 0 Å². The number of hydrogen-bond donors (Lipinski definition) is 2. The molecule has 0 bridgehead atoms. The van der Waals surface area contributed by atoms with Crippen LogP contribution in [0.25, 0.3) is 11.0 Å². The Balaban J connectivity index is 1.50. The van der Waals surface area contributed by atoms with Crippen LogP contribution >= 0.6 is 23.1 Å². The molecule has 1 aromatic carbocycles. The van der Waals surface area contributed by atoms with Gasteiger partial charge in [-0.15, -0.1) is 11.3 Å². The fourth-order valence-electron chi connectivity index (χ4n) is 1.85. The van der Waals surface area contributed by atoms with Crippen LogP contribution in [-0.2, 0) is 4.79 Å². The first-order chi connectivity index (χ1) is 10.7. The van der Waals surface area contributed by atoms with Crippen LogP contribution in [0.5, 0.6) is 0 Å². The molecule has 1 amide bonds. The standard InChI is InChI=1S/C15H14N4OS2/c1-10-6-7-11(22-10)8-16-19-14(20)9-21-15-17-12-4-2-3-5-13(12)18-15/h2-8H,9H2,1H3,(H,17,18)(H,19,20)/b16-8-. The summed E-state index contributed by atoms with van der Waals surface area (Å²) in [4.78, 5) is 21.6. The van der Waals surface area contributed by atoms with E-state index in [1.807, 2.05) is 43.3 Å². The van der Waals surface area contributed by atoms with E-state index in [1.54, 1.807) is 17.6 Å². The predicted molar refractivity (Wildman–Crippen MR) is 91.6 cm³/mol. The van der Waals surface area contributed by atoms with E-state index in [0.717, 1.165) is 21.1 Å². The Morgan fingerprint density at radius 1 is 1.41 bits per heavy atom. The second-order valence-electron chi connectivity index (χ2n) is 4.59. The van der Waals surface area contributed by atoms with Crippen molar-refractivity contribution in [1.82, 2.24) is 15.4 Å². The minimum atomic E-state index is -0.157. The molecule has 0 spiro atoms. The van der Waals surface area contributed by atoms with Gasteiger partial charge in [0.1, 0.15) is 0 Å². The van der Waals surface area contributed by atoms with Gasteiger partial charge in [-0.1, -0.05) is 23.9 Å². The average molecular weight is 330 g/mol. The highest BCUT2D eigenvalue weighted by Crippen LogP contribution is 2.18. The first-order valence-corrected chi connectivity index (χ1v) is 8.47. The quantitative estimate of drug-likeness (QED) is 0.429. The van der Waals surface area contributed by atoms with E-state index in [2.05, 4.69) is 20.5 Å². The number of H-pyrrole nitrogens is 1. The summed E-state index contributed by atoms with van der Waals surface area (Å²) in [5.41, 5.74) is 4.39. The normalized spacial score (nSPS) is 11.3. The number of nitrogens with one attached hydrogen (secondary N) is 2. The van der Waals surface area contributed by atoms with Crippen molar-refractivity contribution in [3.05, 3.63) is 46.2 Å². The Morgan fingerprint density at radius 2 is 2.27 bits per heavy atom. The molecule has 0 radical (unpaired) electrons. The summed E-state index contributed by atoms with van der Waals surface area (Å²) in [7, 11) is 0. The van der Waals surface area contributed by atoms with Gasteiger partial charge in [-0.2, -0.15) is 5.10 Å². The molecule has 22 heavy (non-hydrogen) atoms. The van der Waals surface area contributed by atoms with Crippen molar-refractivity contribution in [3.8, 4) is 0 Å². The van der Waals surface area contributed by atoms with Gasteiger partial charge in [0.05, 0.1) is 23.0 Å². The number of aromatic amines is 1. The number of thioether (sulfide) groups is 1. The molecule has 0 atom stereocenters. The van der Waals surface area contributed by atoms with E-state index < -0.39 is 0 Å². The van der Waals surface area contributed by atoms with Crippen molar-refractivity contribution in [3.63, 3.8) is 0 Å². The third-order valence-corrected chi connectivity index (χ3v) is 4.66. The lowest BCUT2D eigenvalue weighted by atomic mass is 10.3. The average Bonchev–Trinajstić information content (AvgIpc) is 3.11. The fraction of sp³-hybridized carbons (Fsp3) is 0.133. The molecule has 2 heterocycles. The number of benzene rings is 1. The lowest BCUT2D eigenvalue weighted by Gasteiger charge is -1.97. The monoisotopic (exact) mass is 330 g/mol. The number of rotatable bonds is 5. The second kappa shape index (κ2) is 6.76. The second-order valence-corrected chi connectivity index (χ2v) is 6.87. The van der Waals surface area contributed by atoms with E-state index in [4.69, 9.17) is 0 Å². The molecule has 112 valence electrons. The van der Waals surface area contributed by atoms with Gasteiger partial charge in [0.2, 0.25) is 0 Å². The number of aryl methyl sites for hydroxylation is 1. The van der Waals surface area contributed by atoms with Crippen LogP contribution in [0.4, 0.5) is 0 Å².